The number of ether oxygens (including phenoxy) is 2. The molecule has 1 saturated heterocycles. The number of urea groups is 1. The lowest BCUT2D eigenvalue weighted by molar-refractivity contribution is -0.385. The topological polar surface area (TPSA) is 128 Å². The number of methoxy groups -OCH3 is 2. The van der Waals surface area contributed by atoms with Crippen molar-refractivity contribution in [3.8, 4) is 11.5 Å². The van der Waals surface area contributed by atoms with E-state index in [1.807, 2.05) is 0 Å². The van der Waals surface area contributed by atoms with Crippen LogP contribution >= 0.6 is 15.9 Å². The van der Waals surface area contributed by atoms with Crippen molar-refractivity contribution in [1.82, 2.24) is 5.32 Å². The maximum atomic E-state index is 12.9. The van der Waals surface area contributed by atoms with Crippen molar-refractivity contribution in [2.75, 3.05) is 19.1 Å². The molecule has 30 heavy (non-hydrogen) atoms. The number of carbonyl (C=O) groups excluding carboxylic acids is 3. The normalized spacial score (nSPS) is 15.2. The highest BCUT2D eigenvalue weighted by Crippen LogP contribution is 2.36. The highest BCUT2D eigenvalue weighted by atomic mass is 79.9. The van der Waals surface area contributed by atoms with Gasteiger partial charge in [0.15, 0.2) is 11.5 Å². The molecule has 0 saturated carbocycles. The lowest BCUT2D eigenvalue weighted by Crippen LogP contribution is -2.54. The molecule has 0 radical (unpaired) electrons. The zero-order valence-corrected chi connectivity index (χ0v) is 17.3. The van der Waals surface area contributed by atoms with Gasteiger partial charge < -0.3 is 9.47 Å². The zero-order chi connectivity index (χ0) is 22.0. The number of hydrogen-bond donors (Lipinski definition) is 1. The van der Waals surface area contributed by atoms with E-state index in [0.717, 1.165) is 21.5 Å². The van der Waals surface area contributed by atoms with Crippen LogP contribution in [0.25, 0.3) is 6.08 Å². The summed E-state index contributed by atoms with van der Waals surface area (Å²) in [4.78, 5) is 49.1. The lowest BCUT2D eigenvalue weighted by Gasteiger charge is -2.26. The fourth-order valence-electron chi connectivity index (χ4n) is 2.80. The number of nitrogens with zero attached hydrogens (tertiary/aromatic N) is 2. The highest BCUT2D eigenvalue weighted by Gasteiger charge is 2.37. The molecular formula is C19H14BrN3O7. The van der Waals surface area contributed by atoms with Crippen LogP contribution in [0.15, 0.2) is 46.4 Å². The van der Waals surface area contributed by atoms with E-state index in [1.54, 1.807) is 12.1 Å². The molecule has 1 fully saturated rings. The Kier molecular flexibility index (Phi) is 5.83. The van der Waals surface area contributed by atoms with Gasteiger partial charge in [-0.05, 0) is 36.4 Å². The molecule has 0 bridgehead atoms. The molecule has 1 N–H and O–H groups in total. The van der Waals surface area contributed by atoms with Crippen molar-refractivity contribution in [3.05, 3.63) is 62.1 Å². The number of benzene rings is 2. The number of nitrogens with one attached hydrogen (secondary N) is 1. The molecule has 0 aromatic heterocycles. The minimum absolute atomic E-state index is 0.0683. The van der Waals surface area contributed by atoms with E-state index in [2.05, 4.69) is 21.2 Å². The Morgan fingerprint density at radius 2 is 1.67 bits per heavy atom. The van der Waals surface area contributed by atoms with Gasteiger partial charge in [0.05, 0.1) is 36.5 Å². The van der Waals surface area contributed by atoms with Crippen molar-refractivity contribution in [2.45, 2.75) is 0 Å². The highest BCUT2D eigenvalue weighted by molar-refractivity contribution is 9.10. The number of rotatable bonds is 5. The average molecular weight is 476 g/mol. The second kappa shape index (κ2) is 8.33. The van der Waals surface area contributed by atoms with Crippen LogP contribution in [0.4, 0.5) is 16.2 Å². The summed E-state index contributed by atoms with van der Waals surface area (Å²) < 4.78 is 10.9. The second-order valence-corrected chi connectivity index (χ2v) is 6.87. The van der Waals surface area contributed by atoms with Gasteiger partial charge in [-0.2, -0.15) is 0 Å². The van der Waals surface area contributed by atoms with Gasteiger partial charge in [0, 0.05) is 4.47 Å². The third kappa shape index (κ3) is 3.87. The summed E-state index contributed by atoms with van der Waals surface area (Å²) >= 11 is 3.26. The van der Waals surface area contributed by atoms with E-state index in [9.17, 15) is 24.5 Å². The zero-order valence-electron chi connectivity index (χ0n) is 15.7. The molecule has 2 aromatic rings. The van der Waals surface area contributed by atoms with E-state index >= 15 is 0 Å². The van der Waals surface area contributed by atoms with E-state index in [1.165, 1.54) is 32.4 Å². The summed E-state index contributed by atoms with van der Waals surface area (Å²) in [6.45, 7) is 0. The molecule has 1 heterocycles. The van der Waals surface area contributed by atoms with E-state index in [-0.39, 0.29) is 22.7 Å². The molecule has 10 nitrogen and oxygen atoms in total. The Balaban J connectivity index is 2.12. The van der Waals surface area contributed by atoms with Gasteiger partial charge in [0.1, 0.15) is 5.57 Å². The minimum Gasteiger partial charge on any atom is -0.493 e. The number of nitro groups is 1. The first-order chi connectivity index (χ1) is 14.3. The fraction of sp³-hybridized carbons (Fsp3) is 0.105. The van der Waals surface area contributed by atoms with Crippen LogP contribution in [0.3, 0.4) is 0 Å². The predicted octanol–water partition coefficient (Wildman–Crippen LogP) is 3.04. The molecular weight excluding hydrogens is 462 g/mol. The maximum Gasteiger partial charge on any atom is 0.335 e. The molecule has 1 aliphatic heterocycles. The Hall–Kier alpha value is -3.73. The van der Waals surface area contributed by atoms with Crippen molar-refractivity contribution in [2.24, 2.45) is 0 Å². The molecule has 2 aromatic carbocycles. The van der Waals surface area contributed by atoms with Crippen LogP contribution in [-0.4, -0.2) is 37.0 Å². The van der Waals surface area contributed by atoms with Crippen molar-refractivity contribution in [1.29, 1.82) is 0 Å². The van der Waals surface area contributed by atoms with Gasteiger partial charge in [-0.3, -0.25) is 25.0 Å². The van der Waals surface area contributed by atoms with Crippen LogP contribution < -0.4 is 19.7 Å². The van der Waals surface area contributed by atoms with E-state index in [4.69, 9.17) is 9.47 Å². The Morgan fingerprint density at radius 3 is 2.23 bits per heavy atom. The molecule has 0 aliphatic carbocycles. The number of hydrogen-bond acceptors (Lipinski definition) is 7. The number of halogens is 1. The first-order valence-corrected chi connectivity index (χ1v) is 9.13. The summed E-state index contributed by atoms with van der Waals surface area (Å²) in [7, 11) is 2.66. The molecule has 0 atom stereocenters. The molecule has 154 valence electrons. The minimum atomic E-state index is -0.970. The van der Waals surface area contributed by atoms with E-state index in [0.29, 0.717) is 0 Å². The van der Waals surface area contributed by atoms with Crippen LogP contribution in [0, 0.1) is 10.1 Å². The van der Waals surface area contributed by atoms with Crippen molar-refractivity contribution in [3.63, 3.8) is 0 Å². The van der Waals surface area contributed by atoms with Gasteiger partial charge in [0.2, 0.25) is 0 Å². The van der Waals surface area contributed by atoms with Crippen LogP contribution in [0.2, 0.25) is 0 Å². The van der Waals surface area contributed by atoms with Gasteiger partial charge in [-0.25, -0.2) is 9.69 Å². The largest absolute Gasteiger partial charge is 0.493 e. The molecule has 11 heteroatoms. The first-order valence-electron chi connectivity index (χ1n) is 8.34. The monoisotopic (exact) mass is 475 g/mol. The quantitative estimate of drug-likeness (QED) is 0.304. The number of nitro benzene ring substituents is 1. The molecule has 0 unspecified atom stereocenters. The fourth-order valence-corrected chi connectivity index (χ4v) is 3.06. The van der Waals surface area contributed by atoms with Crippen LogP contribution in [0.1, 0.15) is 5.56 Å². The number of amides is 4. The third-order valence-corrected chi connectivity index (χ3v) is 4.74. The van der Waals surface area contributed by atoms with Crippen LogP contribution in [-0.2, 0) is 9.59 Å². The lowest BCUT2D eigenvalue weighted by atomic mass is 10.0. The average Bonchev–Trinajstić information content (AvgIpc) is 2.71. The number of carbonyl (C=O) groups is 3. The second-order valence-electron chi connectivity index (χ2n) is 5.96. The first kappa shape index (κ1) is 21.0. The smallest absolute Gasteiger partial charge is 0.335 e. The molecule has 3 rings (SSSR count). The van der Waals surface area contributed by atoms with Gasteiger partial charge >= 0.3 is 6.03 Å². The summed E-state index contributed by atoms with van der Waals surface area (Å²) in [6.07, 6.45) is 1.04. The van der Waals surface area contributed by atoms with Gasteiger partial charge in [0.25, 0.3) is 17.5 Å². The van der Waals surface area contributed by atoms with Crippen molar-refractivity contribution >= 4 is 51.2 Å². The Morgan fingerprint density at radius 1 is 1.07 bits per heavy atom. The summed E-state index contributed by atoms with van der Waals surface area (Å²) in [5, 5.41) is 13.6. The van der Waals surface area contributed by atoms with Gasteiger partial charge in [-0.15, -0.1) is 0 Å². The standard InChI is InChI=1S/C19H14BrN3O7/c1-29-15-8-10(14(23(27)28)9-16(15)30-2)7-13-17(24)21-19(26)22(18(13)25)12-5-3-11(20)4-6-12/h3-9H,1-2H3,(H,21,24,26)/b13-7-. The number of imide groups is 2. The maximum absolute atomic E-state index is 12.9. The van der Waals surface area contributed by atoms with Gasteiger partial charge in [-0.1, -0.05) is 15.9 Å². The SMILES string of the molecule is COc1cc(/C=C2/C(=O)NC(=O)N(c3ccc(Br)cc3)C2=O)c([N+](=O)[O-])cc1OC. The predicted molar refractivity (Wildman–Crippen MR) is 109 cm³/mol. The Labute approximate surface area is 178 Å². The summed E-state index contributed by atoms with van der Waals surface area (Å²) in [5.41, 5.74) is -0.706. The summed E-state index contributed by atoms with van der Waals surface area (Å²) in [5.74, 6) is -1.62. The molecule has 1 aliphatic rings. The van der Waals surface area contributed by atoms with E-state index < -0.39 is 34.0 Å². The Bertz CT molecular complexity index is 1100. The van der Waals surface area contributed by atoms with Crippen LogP contribution in [0.5, 0.6) is 11.5 Å². The number of anilines is 1. The summed E-state index contributed by atoms with van der Waals surface area (Å²) in [6, 6.07) is 7.72. The molecule has 4 amide bonds. The third-order valence-electron chi connectivity index (χ3n) is 4.22. The van der Waals surface area contributed by atoms with Crippen molar-refractivity contribution < 1.29 is 28.8 Å². The number of barbiturate groups is 1. The molecule has 0 spiro atoms.